The van der Waals surface area contributed by atoms with Crippen LogP contribution < -0.4 is 9.62 Å². The highest BCUT2D eigenvalue weighted by Crippen LogP contribution is 2.13. The Bertz CT molecular complexity index is 688. The average molecular weight is 334 g/mol. The van der Waals surface area contributed by atoms with Gasteiger partial charge in [-0.05, 0) is 31.2 Å². The summed E-state index contributed by atoms with van der Waals surface area (Å²) in [4.78, 5) is 2.21. The van der Waals surface area contributed by atoms with E-state index in [0.717, 1.165) is 5.69 Å². The summed E-state index contributed by atoms with van der Waals surface area (Å²) in [5.74, 6) is 0. The summed E-state index contributed by atoms with van der Waals surface area (Å²) in [6.07, 6.45) is -0.499. The van der Waals surface area contributed by atoms with Crippen molar-refractivity contribution in [2.75, 3.05) is 24.5 Å². The van der Waals surface area contributed by atoms with Gasteiger partial charge in [0.1, 0.15) is 0 Å². The van der Waals surface area contributed by atoms with Crippen molar-refractivity contribution >= 4 is 15.7 Å². The minimum atomic E-state index is -3.51. The number of aliphatic hydroxyl groups excluding tert-OH is 1. The highest BCUT2D eigenvalue weighted by molar-refractivity contribution is 7.89. The molecule has 6 heteroatoms. The van der Waals surface area contributed by atoms with Crippen molar-refractivity contribution in [2.45, 2.75) is 17.9 Å². The SMILES string of the molecule is CC(O)CN(CCNS(=O)(=O)c1ccccc1)c1ccccc1. The summed E-state index contributed by atoms with van der Waals surface area (Å²) in [6, 6.07) is 17.9. The molecule has 0 heterocycles. The first kappa shape index (κ1) is 17.5. The monoisotopic (exact) mass is 334 g/mol. The molecule has 2 rings (SSSR count). The number of anilines is 1. The summed E-state index contributed by atoms with van der Waals surface area (Å²) < 4.78 is 27.0. The highest BCUT2D eigenvalue weighted by Gasteiger charge is 2.14. The van der Waals surface area contributed by atoms with Crippen molar-refractivity contribution in [1.82, 2.24) is 4.72 Å². The minimum absolute atomic E-state index is 0.252. The third kappa shape index (κ3) is 5.35. The lowest BCUT2D eigenvalue weighted by Crippen LogP contribution is -2.38. The molecular weight excluding hydrogens is 312 g/mol. The second-order valence-corrected chi connectivity index (χ2v) is 7.11. The van der Waals surface area contributed by atoms with Gasteiger partial charge < -0.3 is 10.0 Å². The van der Waals surface area contributed by atoms with E-state index in [0.29, 0.717) is 13.1 Å². The third-order valence-corrected chi connectivity index (χ3v) is 4.81. The Hall–Kier alpha value is -1.89. The van der Waals surface area contributed by atoms with E-state index in [1.165, 1.54) is 0 Å². The number of hydrogen-bond donors (Lipinski definition) is 2. The van der Waals surface area contributed by atoms with Crippen LogP contribution in [0.4, 0.5) is 5.69 Å². The van der Waals surface area contributed by atoms with Gasteiger partial charge in [0.25, 0.3) is 0 Å². The van der Waals surface area contributed by atoms with Gasteiger partial charge in [-0.3, -0.25) is 0 Å². The molecule has 0 saturated carbocycles. The Morgan fingerprint density at radius 3 is 2.17 bits per heavy atom. The Kier molecular flexibility index (Phi) is 6.15. The van der Waals surface area contributed by atoms with Crippen molar-refractivity contribution in [3.63, 3.8) is 0 Å². The number of nitrogens with zero attached hydrogens (tertiary/aromatic N) is 1. The molecule has 2 aromatic carbocycles. The number of sulfonamides is 1. The molecule has 124 valence electrons. The first-order valence-corrected chi connectivity index (χ1v) is 9.00. The van der Waals surface area contributed by atoms with Crippen molar-refractivity contribution in [3.8, 4) is 0 Å². The Balaban J connectivity index is 1.99. The van der Waals surface area contributed by atoms with Gasteiger partial charge in [0.15, 0.2) is 0 Å². The molecule has 0 saturated heterocycles. The predicted octanol–water partition coefficient (Wildman–Crippen LogP) is 1.85. The molecule has 0 fully saturated rings. The smallest absolute Gasteiger partial charge is 0.240 e. The van der Waals surface area contributed by atoms with Crippen molar-refractivity contribution < 1.29 is 13.5 Å². The van der Waals surface area contributed by atoms with Gasteiger partial charge >= 0.3 is 0 Å². The summed E-state index contributed by atoms with van der Waals surface area (Å²) in [6.45, 7) is 2.89. The summed E-state index contributed by atoms with van der Waals surface area (Å²) in [7, 11) is -3.51. The third-order valence-electron chi connectivity index (χ3n) is 3.33. The maximum absolute atomic E-state index is 12.2. The zero-order chi connectivity index (χ0) is 16.7. The normalized spacial score (nSPS) is 12.8. The van der Waals surface area contributed by atoms with Crippen LogP contribution in [0.15, 0.2) is 65.6 Å². The molecule has 23 heavy (non-hydrogen) atoms. The van der Waals surface area contributed by atoms with E-state index in [1.807, 2.05) is 35.2 Å². The van der Waals surface area contributed by atoms with E-state index in [4.69, 9.17) is 0 Å². The van der Waals surface area contributed by atoms with Crippen molar-refractivity contribution in [1.29, 1.82) is 0 Å². The van der Waals surface area contributed by atoms with Gasteiger partial charge in [-0.1, -0.05) is 36.4 Å². The zero-order valence-corrected chi connectivity index (χ0v) is 13.9. The molecule has 0 aliphatic rings. The fourth-order valence-corrected chi connectivity index (χ4v) is 3.32. The zero-order valence-electron chi connectivity index (χ0n) is 13.1. The summed E-state index contributed by atoms with van der Waals surface area (Å²) in [5, 5.41) is 9.64. The first-order valence-electron chi connectivity index (χ1n) is 7.52. The van der Waals surface area contributed by atoms with Gasteiger partial charge in [0, 0.05) is 25.3 Å². The Morgan fingerprint density at radius 1 is 1.04 bits per heavy atom. The van der Waals surface area contributed by atoms with Crippen LogP contribution in [-0.4, -0.2) is 39.3 Å². The van der Waals surface area contributed by atoms with E-state index in [-0.39, 0.29) is 11.4 Å². The van der Waals surface area contributed by atoms with Crippen LogP contribution in [0.25, 0.3) is 0 Å². The minimum Gasteiger partial charge on any atom is -0.392 e. The average Bonchev–Trinajstić information content (AvgIpc) is 2.55. The number of benzene rings is 2. The fourth-order valence-electron chi connectivity index (χ4n) is 2.28. The molecule has 1 atom stereocenters. The molecule has 0 aliphatic carbocycles. The standard InChI is InChI=1S/C17H22N2O3S/c1-15(20)14-19(16-8-4-2-5-9-16)13-12-18-23(21,22)17-10-6-3-7-11-17/h2-11,15,18,20H,12-14H2,1H3. The van der Waals surface area contributed by atoms with Gasteiger partial charge in [0.05, 0.1) is 11.0 Å². The van der Waals surface area contributed by atoms with Crippen molar-refractivity contribution in [2.24, 2.45) is 0 Å². The van der Waals surface area contributed by atoms with Gasteiger partial charge in [-0.2, -0.15) is 0 Å². The lowest BCUT2D eigenvalue weighted by Gasteiger charge is -2.26. The molecule has 0 aromatic heterocycles. The maximum Gasteiger partial charge on any atom is 0.240 e. The molecule has 0 spiro atoms. The molecule has 1 unspecified atom stereocenters. The Labute approximate surface area is 137 Å². The molecule has 0 aliphatic heterocycles. The molecule has 2 aromatic rings. The molecule has 0 bridgehead atoms. The van der Waals surface area contributed by atoms with E-state index in [9.17, 15) is 13.5 Å². The quantitative estimate of drug-likeness (QED) is 0.773. The molecular formula is C17H22N2O3S. The number of hydrogen-bond acceptors (Lipinski definition) is 4. The topological polar surface area (TPSA) is 69.6 Å². The molecule has 5 nitrogen and oxygen atoms in total. The van der Waals surface area contributed by atoms with Crippen LogP contribution >= 0.6 is 0 Å². The van der Waals surface area contributed by atoms with Gasteiger partial charge in [-0.15, -0.1) is 0 Å². The van der Waals surface area contributed by atoms with E-state index >= 15 is 0 Å². The lowest BCUT2D eigenvalue weighted by molar-refractivity contribution is 0.200. The van der Waals surface area contributed by atoms with Crippen LogP contribution in [-0.2, 0) is 10.0 Å². The molecule has 0 amide bonds. The largest absolute Gasteiger partial charge is 0.392 e. The van der Waals surface area contributed by atoms with Crippen LogP contribution in [0.5, 0.6) is 0 Å². The highest BCUT2D eigenvalue weighted by atomic mass is 32.2. The van der Waals surface area contributed by atoms with E-state index in [1.54, 1.807) is 37.3 Å². The first-order chi connectivity index (χ1) is 11.0. The predicted molar refractivity (Wildman–Crippen MR) is 92.0 cm³/mol. The molecule has 0 radical (unpaired) electrons. The van der Waals surface area contributed by atoms with Crippen LogP contribution in [0.2, 0.25) is 0 Å². The number of para-hydroxylation sites is 1. The summed E-state index contributed by atoms with van der Waals surface area (Å²) >= 11 is 0. The Morgan fingerprint density at radius 2 is 1.61 bits per heavy atom. The van der Waals surface area contributed by atoms with Gasteiger partial charge in [0.2, 0.25) is 10.0 Å². The van der Waals surface area contributed by atoms with Crippen LogP contribution in [0, 0.1) is 0 Å². The lowest BCUT2D eigenvalue weighted by atomic mass is 10.2. The second-order valence-electron chi connectivity index (χ2n) is 5.34. The number of rotatable bonds is 8. The van der Waals surface area contributed by atoms with Crippen LogP contribution in [0.1, 0.15) is 6.92 Å². The number of nitrogens with one attached hydrogen (secondary N) is 1. The van der Waals surface area contributed by atoms with Crippen molar-refractivity contribution in [3.05, 3.63) is 60.7 Å². The second kappa shape index (κ2) is 8.10. The van der Waals surface area contributed by atoms with E-state index < -0.39 is 16.1 Å². The molecule has 2 N–H and O–H groups in total. The van der Waals surface area contributed by atoms with Crippen LogP contribution in [0.3, 0.4) is 0 Å². The fraction of sp³-hybridized carbons (Fsp3) is 0.294. The number of aliphatic hydroxyl groups is 1. The van der Waals surface area contributed by atoms with E-state index in [2.05, 4.69) is 4.72 Å². The van der Waals surface area contributed by atoms with Gasteiger partial charge in [-0.25, -0.2) is 13.1 Å². The summed E-state index contributed by atoms with van der Waals surface area (Å²) in [5.41, 5.74) is 0.951. The maximum atomic E-state index is 12.2.